The number of carbonyl (C=O) groups excluding carboxylic acids is 1. The maximum atomic E-state index is 13.1. The summed E-state index contributed by atoms with van der Waals surface area (Å²) in [6.45, 7) is 7.77. The Kier molecular flexibility index (Phi) is 4.87. The third-order valence-corrected chi connectivity index (χ3v) is 6.12. The summed E-state index contributed by atoms with van der Waals surface area (Å²) >= 11 is 0. The minimum atomic E-state index is -0.230. The van der Waals surface area contributed by atoms with E-state index in [1.165, 1.54) is 12.1 Å². The molecule has 0 spiro atoms. The van der Waals surface area contributed by atoms with Gasteiger partial charge in [0.1, 0.15) is 5.82 Å². The number of carbonyl (C=O) groups is 1. The van der Waals surface area contributed by atoms with Crippen LogP contribution in [0.2, 0.25) is 0 Å². The van der Waals surface area contributed by atoms with Crippen molar-refractivity contribution >= 4 is 17.4 Å². The Morgan fingerprint density at radius 2 is 1.81 bits per heavy atom. The molecular formula is C24H26FN5O2. The Morgan fingerprint density at radius 1 is 1.09 bits per heavy atom. The summed E-state index contributed by atoms with van der Waals surface area (Å²) < 4.78 is 18.9. The quantitative estimate of drug-likeness (QED) is 0.634. The number of benzene rings is 2. The first kappa shape index (κ1) is 20.5. The molecule has 0 bridgehead atoms. The molecule has 1 aliphatic heterocycles. The molecule has 0 unspecified atom stereocenters. The number of urea groups is 1. The maximum absolute atomic E-state index is 13.1. The highest BCUT2D eigenvalue weighted by Crippen LogP contribution is 2.46. The standard InChI is InChI=1S/C24H26FN5O2/c1-24(2,3)22-29-28-21(32-22)14-5-4-6-16(11-14)26-23(31)27-20-18-12-30(13-19(18)20)17-9-7-15(25)8-10-17/h4-11,18-20H,12-13H2,1-3H3,(H2,26,27,31)/t18-,19+,20+. The highest BCUT2D eigenvalue weighted by Gasteiger charge is 2.56. The van der Waals surface area contributed by atoms with Gasteiger partial charge in [-0.2, -0.15) is 0 Å². The molecule has 3 aromatic rings. The fourth-order valence-corrected chi connectivity index (χ4v) is 4.29. The molecule has 166 valence electrons. The average Bonchev–Trinajstić information content (AvgIpc) is 3.16. The summed E-state index contributed by atoms with van der Waals surface area (Å²) in [7, 11) is 0. The lowest BCUT2D eigenvalue weighted by Gasteiger charge is -2.22. The third kappa shape index (κ3) is 4.04. The second-order valence-electron chi connectivity index (χ2n) is 9.58. The first-order chi connectivity index (χ1) is 15.3. The molecular weight excluding hydrogens is 409 g/mol. The van der Waals surface area contributed by atoms with Crippen molar-refractivity contribution in [1.82, 2.24) is 15.5 Å². The van der Waals surface area contributed by atoms with Gasteiger partial charge in [-0.25, -0.2) is 9.18 Å². The summed E-state index contributed by atoms with van der Waals surface area (Å²) in [5.41, 5.74) is 2.21. The van der Waals surface area contributed by atoms with Crippen LogP contribution in [0.3, 0.4) is 0 Å². The van der Waals surface area contributed by atoms with Crippen molar-refractivity contribution in [3.05, 3.63) is 60.2 Å². The average molecular weight is 436 g/mol. The summed E-state index contributed by atoms with van der Waals surface area (Å²) in [6.07, 6.45) is 0. The van der Waals surface area contributed by atoms with Crippen LogP contribution < -0.4 is 15.5 Å². The minimum Gasteiger partial charge on any atom is -0.420 e. The molecule has 8 heteroatoms. The molecule has 1 saturated heterocycles. The number of nitrogens with zero attached hydrogens (tertiary/aromatic N) is 3. The van der Waals surface area contributed by atoms with Crippen molar-refractivity contribution in [3.8, 4) is 11.5 Å². The highest BCUT2D eigenvalue weighted by atomic mass is 19.1. The number of anilines is 2. The predicted molar refractivity (Wildman–Crippen MR) is 120 cm³/mol. The second-order valence-corrected chi connectivity index (χ2v) is 9.58. The lowest BCUT2D eigenvalue weighted by Crippen LogP contribution is -2.37. The largest absolute Gasteiger partial charge is 0.420 e. The van der Waals surface area contributed by atoms with Gasteiger partial charge in [0.05, 0.1) is 0 Å². The van der Waals surface area contributed by atoms with E-state index in [1.807, 2.05) is 45.0 Å². The Hall–Kier alpha value is -3.42. The molecule has 2 heterocycles. The summed E-state index contributed by atoms with van der Waals surface area (Å²) in [6, 6.07) is 13.9. The molecule has 1 aromatic heterocycles. The Morgan fingerprint density at radius 3 is 2.47 bits per heavy atom. The zero-order chi connectivity index (χ0) is 22.5. The Labute approximate surface area is 186 Å². The number of piperidine rings is 1. The van der Waals surface area contributed by atoms with Gasteiger partial charge in [-0.3, -0.25) is 0 Å². The SMILES string of the molecule is CC(C)(C)c1nnc(-c2cccc(NC(=O)N[C@H]3[C@@H]4CN(c5ccc(F)cc5)C[C@@H]43)c2)o1. The van der Waals surface area contributed by atoms with Gasteiger partial charge < -0.3 is 20.0 Å². The van der Waals surface area contributed by atoms with Crippen LogP contribution in [0.4, 0.5) is 20.6 Å². The Balaban J connectivity index is 1.16. The first-order valence-corrected chi connectivity index (χ1v) is 10.8. The summed E-state index contributed by atoms with van der Waals surface area (Å²) in [5, 5.41) is 14.2. The van der Waals surface area contributed by atoms with Crippen LogP contribution in [-0.2, 0) is 5.41 Å². The molecule has 32 heavy (non-hydrogen) atoms. The number of rotatable bonds is 4. The van der Waals surface area contributed by atoms with Crippen molar-refractivity contribution in [2.24, 2.45) is 11.8 Å². The van der Waals surface area contributed by atoms with E-state index in [-0.39, 0.29) is 23.3 Å². The lowest BCUT2D eigenvalue weighted by molar-refractivity contribution is 0.250. The van der Waals surface area contributed by atoms with E-state index in [0.717, 1.165) is 24.3 Å². The molecule has 2 fully saturated rings. The molecule has 3 atom stereocenters. The molecule has 1 saturated carbocycles. The fourth-order valence-electron chi connectivity index (χ4n) is 4.29. The van der Waals surface area contributed by atoms with Gasteiger partial charge in [0, 0.05) is 53.3 Å². The van der Waals surface area contributed by atoms with Gasteiger partial charge in [0.15, 0.2) is 0 Å². The molecule has 0 radical (unpaired) electrons. The van der Waals surface area contributed by atoms with Gasteiger partial charge in [-0.05, 0) is 42.5 Å². The second kappa shape index (κ2) is 7.62. The zero-order valence-electron chi connectivity index (χ0n) is 18.3. The van der Waals surface area contributed by atoms with E-state index >= 15 is 0 Å². The topological polar surface area (TPSA) is 83.3 Å². The van der Waals surface area contributed by atoms with Crippen LogP contribution in [0.15, 0.2) is 52.9 Å². The zero-order valence-corrected chi connectivity index (χ0v) is 18.3. The van der Waals surface area contributed by atoms with E-state index in [0.29, 0.717) is 29.3 Å². The van der Waals surface area contributed by atoms with Crippen LogP contribution in [0.5, 0.6) is 0 Å². The molecule has 7 nitrogen and oxygen atoms in total. The smallest absolute Gasteiger partial charge is 0.319 e. The predicted octanol–water partition coefficient (Wildman–Crippen LogP) is 4.43. The number of hydrogen-bond acceptors (Lipinski definition) is 5. The van der Waals surface area contributed by atoms with Gasteiger partial charge in [-0.1, -0.05) is 26.8 Å². The minimum absolute atomic E-state index is 0.167. The molecule has 2 N–H and O–H groups in total. The monoisotopic (exact) mass is 435 g/mol. The number of hydrogen-bond donors (Lipinski definition) is 2. The van der Waals surface area contributed by atoms with Crippen LogP contribution in [-0.4, -0.2) is 35.4 Å². The molecule has 2 aliphatic rings. The van der Waals surface area contributed by atoms with E-state index in [2.05, 4.69) is 25.7 Å². The Bertz CT molecular complexity index is 1130. The van der Waals surface area contributed by atoms with E-state index in [9.17, 15) is 9.18 Å². The van der Waals surface area contributed by atoms with Crippen molar-refractivity contribution in [3.63, 3.8) is 0 Å². The van der Waals surface area contributed by atoms with Crippen LogP contribution in [0.1, 0.15) is 26.7 Å². The van der Waals surface area contributed by atoms with Crippen molar-refractivity contribution in [2.75, 3.05) is 23.3 Å². The molecule has 2 amide bonds. The lowest BCUT2D eigenvalue weighted by atomic mass is 9.97. The number of nitrogens with one attached hydrogen (secondary N) is 2. The number of halogens is 1. The van der Waals surface area contributed by atoms with Gasteiger partial charge in [0.2, 0.25) is 11.8 Å². The van der Waals surface area contributed by atoms with Crippen molar-refractivity contribution in [1.29, 1.82) is 0 Å². The maximum Gasteiger partial charge on any atom is 0.319 e. The van der Waals surface area contributed by atoms with Crippen LogP contribution in [0, 0.1) is 17.7 Å². The number of amides is 2. The van der Waals surface area contributed by atoms with Gasteiger partial charge >= 0.3 is 6.03 Å². The van der Waals surface area contributed by atoms with E-state index in [1.54, 1.807) is 12.1 Å². The van der Waals surface area contributed by atoms with Gasteiger partial charge in [-0.15, -0.1) is 10.2 Å². The molecule has 1 aliphatic carbocycles. The van der Waals surface area contributed by atoms with E-state index < -0.39 is 0 Å². The van der Waals surface area contributed by atoms with E-state index in [4.69, 9.17) is 4.42 Å². The third-order valence-electron chi connectivity index (χ3n) is 6.12. The first-order valence-electron chi connectivity index (χ1n) is 10.8. The van der Waals surface area contributed by atoms with Crippen molar-refractivity contribution in [2.45, 2.75) is 32.2 Å². The van der Waals surface area contributed by atoms with Crippen LogP contribution in [0.25, 0.3) is 11.5 Å². The normalized spacial score (nSPS) is 21.9. The summed E-state index contributed by atoms with van der Waals surface area (Å²) in [5.74, 6) is 1.61. The number of fused-ring (bicyclic) bond motifs is 1. The highest BCUT2D eigenvalue weighted by molar-refractivity contribution is 5.90. The van der Waals surface area contributed by atoms with Crippen LogP contribution >= 0.6 is 0 Å². The number of aromatic nitrogens is 2. The molecule has 5 rings (SSSR count). The fraction of sp³-hybridized carbons (Fsp3) is 0.375. The molecule has 2 aromatic carbocycles. The summed E-state index contributed by atoms with van der Waals surface area (Å²) in [4.78, 5) is 14.8. The van der Waals surface area contributed by atoms with Crippen molar-refractivity contribution < 1.29 is 13.6 Å². The van der Waals surface area contributed by atoms with Gasteiger partial charge in [0.25, 0.3) is 0 Å².